The molecular weight excluding hydrogens is 314 g/mol. The summed E-state index contributed by atoms with van der Waals surface area (Å²) in [6.45, 7) is 0. The Kier molecular flexibility index (Phi) is 3.95. The van der Waals surface area contributed by atoms with Crippen molar-refractivity contribution in [2.75, 3.05) is 0 Å². The smallest absolute Gasteiger partial charge is 0.478 e. The molecule has 12 heteroatoms. The second-order valence-corrected chi connectivity index (χ2v) is 4.86. The first-order chi connectivity index (χ1) is 8.46. The number of carboxylic acids is 1. The molecule has 1 N–H and O–H groups in total. The Morgan fingerprint density at radius 1 is 0.947 bits per heavy atom. The second kappa shape index (κ2) is 4.97. The van der Waals surface area contributed by atoms with Gasteiger partial charge in [-0.15, -0.1) is 0 Å². The van der Waals surface area contributed by atoms with Crippen LogP contribution in [0.1, 0.15) is 10.4 Å². The molecular formula is C7H4F2O8S2. The Morgan fingerprint density at radius 3 is 1.58 bits per heavy atom. The first-order valence-electron chi connectivity index (χ1n) is 4.13. The van der Waals surface area contributed by atoms with Crippen LogP contribution in [0.5, 0.6) is 11.5 Å². The van der Waals surface area contributed by atoms with E-state index in [0.717, 1.165) is 0 Å². The number of hydrogen-bond acceptors (Lipinski definition) is 7. The third kappa shape index (κ3) is 5.48. The maximum Gasteiger partial charge on any atom is 0.488 e. The maximum absolute atomic E-state index is 12.2. The van der Waals surface area contributed by atoms with E-state index in [1.807, 2.05) is 0 Å². The van der Waals surface area contributed by atoms with Crippen LogP contribution in [0.3, 0.4) is 0 Å². The van der Waals surface area contributed by atoms with Crippen molar-refractivity contribution in [2.45, 2.75) is 0 Å². The van der Waals surface area contributed by atoms with Gasteiger partial charge in [0.05, 0.1) is 5.56 Å². The molecule has 0 saturated heterocycles. The van der Waals surface area contributed by atoms with Gasteiger partial charge in [-0.2, -0.15) is 16.8 Å². The highest BCUT2D eigenvalue weighted by Crippen LogP contribution is 2.25. The van der Waals surface area contributed by atoms with Crippen molar-refractivity contribution in [2.24, 2.45) is 0 Å². The van der Waals surface area contributed by atoms with Crippen LogP contribution < -0.4 is 8.37 Å². The molecule has 1 aromatic carbocycles. The van der Waals surface area contributed by atoms with E-state index in [1.54, 1.807) is 0 Å². The average molecular weight is 318 g/mol. The predicted octanol–water partition coefficient (Wildman–Crippen LogP) is 0.571. The Hall–Kier alpha value is -1.95. The topological polar surface area (TPSA) is 124 Å². The minimum atomic E-state index is -5.47. The first kappa shape index (κ1) is 15.1. The first-order valence-corrected chi connectivity index (χ1v) is 6.74. The fraction of sp³-hybridized carbons (Fsp3) is 0. The zero-order valence-corrected chi connectivity index (χ0v) is 10.2. The number of aromatic carboxylic acids is 1. The fourth-order valence-corrected chi connectivity index (χ4v) is 1.67. The molecule has 0 radical (unpaired) electrons. The second-order valence-electron chi connectivity index (χ2n) is 2.95. The molecule has 1 rings (SSSR count). The summed E-state index contributed by atoms with van der Waals surface area (Å²) in [6, 6.07) is 1.61. The van der Waals surface area contributed by atoms with Gasteiger partial charge in [-0.25, -0.2) is 4.79 Å². The predicted molar refractivity (Wildman–Crippen MR) is 54.7 cm³/mol. The molecule has 0 unspecified atom stereocenters. The number of carboxylic acid groups (broad SMARTS) is 1. The number of carbonyl (C=O) groups is 1. The minimum Gasteiger partial charge on any atom is -0.478 e. The van der Waals surface area contributed by atoms with E-state index in [2.05, 4.69) is 8.37 Å². The monoisotopic (exact) mass is 318 g/mol. The van der Waals surface area contributed by atoms with E-state index in [9.17, 15) is 29.4 Å². The molecule has 0 fully saturated rings. The molecule has 0 aromatic heterocycles. The largest absolute Gasteiger partial charge is 0.488 e. The molecule has 0 amide bonds. The van der Waals surface area contributed by atoms with Gasteiger partial charge in [-0.1, -0.05) is 7.77 Å². The van der Waals surface area contributed by atoms with Crippen molar-refractivity contribution >= 4 is 27.0 Å². The minimum absolute atomic E-state index is 0.473. The summed E-state index contributed by atoms with van der Waals surface area (Å²) >= 11 is 0. The summed E-state index contributed by atoms with van der Waals surface area (Å²) in [5, 5.41) is 8.63. The van der Waals surface area contributed by atoms with Crippen LogP contribution in [0.25, 0.3) is 0 Å². The Bertz CT molecular complexity index is 656. The lowest BCUT2D eigenvalue weighted by molar-refractivity contribution is 0.0696. The van der Waals surface area contributed by atoms with Gasteiger partial charge in [-0.05, 0) is 12.1 Å². The van der Waals surface area contributed by atoms with Crippen molar-refractivity contribution in [3.63, 3.8) is 0 Å². The number of hydrogen-bond donors (Lipinski definition) is 1. The third-order valence-corrected chi connectivity index (χ3v) is 2.30. The molecule has 8 nitrogen and oxygen atoms in total. The van der Waals surface area contributed by atoms with E-state index >= 15 is 0 Å². The van der Waals surface area contributed by atoms with Crippen LogP contribution in [0.15, 0.2) is 18.2 Å². The lowest BCUT2D eigenvalue weighted by Gasteiger charge is -2.05. The fourth-order valence-electron chi connectivity index (χ4n) is 1.02. The highest BCUT2D eigenvalue weighted by atomic mass is 32.3. The molecule has 0 aliphatic heterocycles. The summed E-state index contributed by atoms with van der Waals surface area (Å²) in [6.07, 6.45) is 0. The van der Waals surface area contributed by atoms with Crippen LogP contribution in [0.4, 0.5) is 7.77 Å². The molecule has 0 bridgehead atoms. The van der Waals surface area contributed by atoms with Gasteiger partial charge in [-0.3, -0.25) is 0 Å². The third-order valence-electron chi connectivity index (χ3n) is 1.52. The van der Waals surface area contributed by atoms with E-state index in [-0.39, 0.29) is 0 Å². The zero-order valence-electron chi connectivity index (χ0n) is 8.61. The molecule has 19 heavy (non-hydrogen) atoms. The summed E-state index contributed by atoms with van der Waals surface area (Å²) in [5.41, 5.74) is -0.709. The lowest BCUT2D eigenvalue weighted by Crippen LogP contribution is -2.06. The van der Waals surface area contributed by atoms with E-state index in [0.29, 0.717) is 18.2 Å². The van der Waals surface area contributed by atoms with Gasteiger partial charge < -0.3 is 13.5 Å². The van der Waals surface area contributed by atoms with Crippen LogP contribution in [-0.2, 0) is 21.0 Å². The lowest BCUT2D eigenvalue weighted by atomic mass is 10.2. The van der Waals surface area contributed by atoms with Crippen LogP contribution in [-0.4, -0.2) is 27.9 Å². The molecule has 0 aliphatic rings. The standard InChI is InChI=1S/C7H4F2O8S2/c8-18(12,13)16-5-1-4(7(10)11)2-6(3-5)17-19(9,14)15/h1-3H,(H,10,11). The Balaban J connectivity index is 3.29. The molecule has 1 aromatic rings. The zero-order chi connectivity index (χ0) is 14.8. The number of rotatable bonds is 5. The molecule has 0 spiro atoms. The van der Waals surface area contributed by atoms with Gasteiger partial charge >= 0.3 is 27.0 Å². The van der Waals surface area contributed by atoms with Gasteiger partial charge in [0.15, 0.2) is 0 Å². The van der Waals surface area contributed by atoms with Crippen molar-refractivity contribution in [1.82, 2.24) is 0 Å². The van der Waals surface area contributed by atoms with Gasteiger partial charge in [0.1, 0.15) is 11.5 Å². The molecule has 106 valence electrons. The van der Waals surface area contributed by atoms with Crippen molar-refractivity contribution < 1.29 is 42.9 Å². The average Bonchev–Trinajstić information content (AvgIpc) is 2.10. The van der Waals surface area contributed by atoms with Crippen LogP contribution >= 0.6 is 0 Å². The van der Waals surface area contributed by atoms with Gasteiger partial charge in [0, 0.05) is 6.07 Å². The Morgan fingerprint density at radius 2 is 1.32 bits per heavy atom. The quantitative estimate of drug-likeness (QED) is 0.781. The normalized spacial score (nSPS) is 11.9. The molecule has 0 saturated carbocycles. The van der Waals surface area contributed by atoms with Gasteiger partial charge in [0.2, 0.25) is 0 Å². The van der Waals surface area contributed by atoms with Crippen LogP contribution in [0.2, 0.25) is 0 Å². The van der Waals surface area contributed by atoms with Crippen LogP contribution in [0, 0.1) is 0 Å². The van der Waals surface area contributed by atoms with Crippen molar-refractivity contribution in [3.8, 4) is 11.5 Å². The number of halogens is 2. The summed E-state index contributed by atoms with van der Waals surface area (Å²) < 4.78 is 72.7. The SMILES string of the molecule is O=C(O)c1cc(OS(=O)(=O)F)cc(OS(=O)(=O)F)c1. The Labute approximate surface area is 106 Å². The van der Waals surface area contributed by atoms with E-state index in [1.165, 1.54) is 0 Å². The number of benzene rings is 1. The van der Waals surface area contributed by atoms with Crippen molar-refractivity contribution in [3.05, 3.63) is 23.8 Å². The summed E-state index contributed by atoms with van der Waals surface area (Å²) in [7, 11) is -10.9. The van der Waals surface area contributed by atoms with Gasteiger partial charge in [0.25, 0.3) is 0 Å². The molecule has 0 aliphatic carbocycles. The van der Waals surface area contributed by atoms with E-state index < -0.39 is 44.0 Å². The maximum atomic E-state index is 12.2. The summed E-state index contributed by atoms with van der Waals surface area (Å²) in [4.78, 5) is 10.6. The molecule has 0 heterocycles. The molecule has 0 atom stereocenters. The van der Waals surface area contributed by atoms with Crippen molar-refractivity contribution in [1.29, 1.82) is 0 Å². The van der Waals surface area contributed by atoms with E-state index in [4.69, 9.17) is 5.11 Å². The summed E-state index contributed by atoms with van der Waals surface area (Å²) in [5.74, 6) is -3.44. The highest BCUT2D eigenvalue weighted by molar-refractivity contribution is 7.82. The highest BCUT2D eigenvalue weighted by Gasteiger charge is 2.17.